The molecule has 214 valence electrons. The number of rotatable bonds is 7. The Morgan fingerprint density at radius 1 is 1.07 bits per heavy atom. The van der Waals surface area contributed by atoms with E-state index in [-0.39, 0.29) is 11.5 Å². The zero-order valence-corrected chi connectivity index (χ0v) is 25.2. The summed E-state index contributed by atoms with van der Waals surface area (Å²) in [7, 11) is 3.13. The molecule has 6 rings (SSSR count). The van der Waals surface area contributed by atoms with E-state index >= 15 is 0 Å². The summed E-state index contributed by atoms with van der Waals surface area (Å²) in [6, 6.07) is 18.2. The first kappa shape index (κ1) is 28.0. The Bertz CT molecular complexity index is 1880. The van der Waals surface area contributed by atoms with Crippen molar-refractivity contribution in [2.75, 3.05) is 18.6 Å². The normalized spacial score (nSPS) is 15.0. The molecule has 3 aromatic heterocycles. The van der Waals surface area contributed by atoms with Crippen molar-refractivity contribution in [3.05, 3.63) is 92.7 Å². The van der Waals surface area contributed by atoms with E-state index in [1.807, 2.05) is 62.5 Å². The van der Waals surface area contributed by atoms with Crippen molar-refractivity contribution in [2.24, 2.45) is 7.05 Å². The van der Waals surface area contributed by atoms with E-state index < -0.39 is 11.2 Å². The number of thiophene rings is 1. The Balaban J connectivity index is 1.45. The summed E-state index contributed by atoms with van der Waals surface area (Å²) in [5.74, 6) is -0.260. The monoisotopic (exact) mass is 620 g/mol. The first-order chi connectivity index (χ1) is 20.3. The Labute approximate surface area is 254 Å². The van der Waals surface area contributed by atoms with Crippen LogP contribution in [0.15, 0.2) is 76.0 Å². The Morgan fingerprint density at radius 2 is 1.81 bits per heavy atom. The Kier molecular flexibility index (Phi) is 7.52. The number of esters is 1. The van der Waals surface area contributed by atoms with Gasteiger partial charge in [0.2, 0.25) is 5.91 Å². The number of benzene rings is 2. The molecule has 1 aliphatic heterocycles. The van der Waals surface area contributed by atoms with Gasteiger partial charge in [-0.1, -0.05) is 53.7 Å². The summed E-state index contributed by atoms with van der Waals surface area (Å²) in [6.45, 7) is 2.28. The minimum absolute atomic E-state index is 0.159. The lowest BCUT2D eigenvalue weighted by Gasteiger charge is -2.16. The first-order valence-corrected chi connectivity index (χ1v) is 15.1. The van der Waals surface area contributed by atoms with Crippen LogP contribution in [0.3, 0.4) is 0 Å². The first-order valence-electron chi connectivity index (χ1n) is 13.0. The number of hydrogen-bond donors (Lipinski definition) is 0. The molecule has 0 bridgehead atoms. The van der Waals surface area contributed by atoms with Crippen molar-refractivity contribution in [3.8, 4) is 22.8 Å². The molecule has 13 heteroatoms. The lowest BCUT2D eigenvalue weighted by molar-refractivity contribution is -0.116. The second-order valence-electron chi connectivity index (χ2n) is 9.55. The number of carbonyl (C=O) groups excluding carboxylic acids is 2. The van der Waals surface area contributed by atoms with Gasteiger partial charge < -0.3 is 9.64 Å². The van der Waals surface area contributed by atoms with Crippen molar-refractivity contribution in [1.29, 1.82) is 0 Å². The highest BCUT2D eigenvalue weighted by Crippen LogP contribution is 2.39. The van der Waals surface area contributed by atoms with Gasteiger partial charge in [0.25, 0.3) is 5.56 Å². The number of nitrogens with zero attached hydrogens (tertiary/aromatic N) is 6. The van der Waals surface area contributed by atoms with Crippen LogP contribution in [0.25, 0.3) is 22.8 Å². The minimum atomic E-state index is -0.514. The van der Waals surface area contributed by atoms with Gasteiger partial charge in [-0.05, 0) is 49.1 Å². The van der Waals surface area contributed by atoms with E-state index in [2.05, 4.69) is 10.2 Å². The zero-order valence-electron chi connectivity index (χ0n) is 22.9. The molecule has 10 nitrogen and oxygen atoms in total. The number of para-hydroxylation sites is 1. The van der Waals surface area contributed by atoms with Crippen molar-refractivity contribution < 1.29 is 14.3 Å². The number of amides is 1. The van der Waals surface area contributed by atoms with Crippen LogP contribution in [0.4, 0.5) is 5.00 Å². The van der Waals surface area contributed by atoms with Gasteiger partial charge >= 0.3 is 5.97 Å². The third-order valence-corrected chi connectivity index (χ3v) is 9.66. The van der Waals surface area contributed by atoms with Gasteiger partial charge in [-0.25, -0.2) is 9.48 Å². The largest absolute Gasteiger partial charge is 0.465 e. The second-order valence-corrected chi connectivity index (χ2v) is 12.0. The van der Waals surface area contributed by atoms with Crippen molar-refractivity contribution in [1.82, 2.24) is 24.1 Å². The van der Waals surface area contributed by atoms with Crippen LogP contribution in [-0.2, 0) is 16.6 Å². The molecule has 1 saturated heterocycles. The molecule has 1 fully saturated rings. The zero-order chi connectivity index (χ0) is 29.5. The average molecular weight is 621 g/mol. The Hall–Kier alpha value is -4.13. The number of hydrogen-bond acceptors (Lipinski definition) is 8. The molecule has 4 heterocycles. The molecule has 1 aliphatic rings. The van der Waals surface area contributed by atoms with Gasteiger partial charge in [0.15, 0.2) is 11.0 Å². The summed E-state index contributed by atoms with van der Waals surface area (Å²) >= 11 is 9.14. The molecule has 0 aliphatic carbocycles. The molecule has 1 atom stereocenters. The molecular weight excluding hydrogens is 596 g/mol. The highest BCUT2D eigenvalue weighted by molar-refractivity contribution is 8.00. The van der Waals surface area contributed by atoms with Gasteiger partial charge in [0.05, 0.1) is 34.3 Å². The molecule has 0 radical (unpaired) electrons. The van der Waals surface area contributed by atoms with Crippen LogP contribution in [0, 0.1) is 6.92 Å². The van der Waals surface area contributed by atoms with E-state index in [1.54, 1.807) is 36.3 Å². The fourth-order valence-electron chi connectivity index (χ4n) is 5.04. The predicted octanol–water partition coefficient (Wildman–Crippen LogP) is 5.13. The fourth-order valence-corrected chi connectivity index (χ4v) is 7.26. The summed E-state index contributed by atoms with van der Waals surface area (Å²) < 4.78 is 9.96. The van der Waals surface area contributed by atoms with Crippen molar-refractivity contribution in [3.63, 3.8) is 0 Å². The number of anilines is 1. The molecule has 0 N–H and O–H groups in total. The maximum absolute atomic E-state index is 14.1. The molecule has 1 unspecified atom stereocenters. The molecule has 0 spiro atoms. The summed E-state index contributed by atoms with van der Waals surface area (Å²) in [5, 5.41) is 11.6. The third-order valence-electron chi connectivity index (χ3n) is 7.19. The lowest BCUT2D eigenvalue weighted by atomic mass is 10.2. The van der Waals surface area contributed by atoms with E-state index in [0.29, 0.717) is 62.2 Å². The average Bonchev–Trinajstić information content (AvgIpc) is 3.76. The molecule has 5 aromatic rings. The molecule has 2 aromatic carbocycles. The number of methoxy groups -OCH3 is 1. The van der Waals surface area contributed by atoms with E-state index in [9.17, 15) is 14.4 Å². The highest BCUT2D eigenvalue weighted by Gasteiger charge is 2.38. The third kappa shape index (κ3) is 4.65. The predicted molar refractivity (Wildman–Crippen MR) is 163 cm³/mol. The van der Waals surface area contributed by atoms with Crippen molar-refractivity contribution >= 4 is 51.6 Å². The Morgan fingerprint density at radius 3 is 2.55 bits per heavy atom. The molecular formula is C29H25ClN6O4S2. The lowest BCUT2D eigenvalue weighted by Crippen LogP contribution is -2.29. The summed E-state index contributed by atoms with van der Waals surface area (Å²) in [4.78, 5) is 41.6. The van der Waals surface area contributed by atoms with Crippen LogP contribution in [0.5, 0.6) is 0 Å². The van der Waals surface area contributed by atoms with Crippen LogP contribution < -0.4 is 10.5 Å². The number of aromatic nitrogens is 5. The summed E-state index contributed by atoms with van der Waals surface area (Å²) in [5.41, 5.74) is 2.44. The van der Waals surface area contributed by atoms with Crippen LogP contribution in [-0.4, -0.2) is 54.9 Å². The van der Waals surface area contributed by atoms with Gasteiger partial charge in [-0.3, -0.25) is 18.8 Å². The van der Waals surface area contributed by atoms with Crippen LogP contribution in [0.1, 0.15) is 22.5 Å². The second kappa shape index (κ2) is 11.3. The van der Waals surface area contributed by atoms with Gasteiger partial charge in [0.1, 0.15) is 10.7 Å². The van der Waals surface area contributed by atoms with Crippen LogP contribution >= 0.6 is 34.7 Å². The molecule has 42 heavy (non-hydrogen) atoms. The standard InChI is InChI=1S/C29H25ClN6O4S2/c1-17-23(26(38)36(33(17)2)18-9-5-4-6-10-18)35-24(19-11-7-8-12-21(19)30)31-32-29(35)42-22-13-15-34(25(22)37)27-20(14-16-41-27)28(39)40-3/h4-12,14,16,22H,13,15H2,1-3H3. The van der Waals surface area contributed by atoms with E-state index in [4.69, 9.17) is 16.3 Å². The van der Waals surface area contributed by atoms with Gasteiger partial charge in [-0.2, -0.15) is 0 Å². The summed E-state index contributed by atoms with van der Waals surface area (Å²) in [6.07, 6.45) is 0.512. The molecule has 0 saturated carbocycles. The number of thioether (sulfide) groups is 1. The number of ether oxygens (including phenoxy) is 1. The number of halogens is 1. The number of carbonyl (C=O) groups is 2. The maximum atomic E-state index is 14.1. The smallest absolute Gasteiger partial charge is 0.340 e. The topological polar surface area (TPSA) is 104 Å². The highest BCUT2D eigenvalue weighted by atomic mass is 35.5. The quantitative estimate of drug-likeness (QED) is 0.232. The van der Waals surface area contributed by atoms with Gasteiger partial charge in [-0.15, -0.1) is 21.5 Å². The molecule has 1 amide bonds. The van der Waals surface area contributed by atoms with Gasteiger partial charge in [0, 0.05) is 19.2 Å². The maximum Gasteiger partial charge on any atom is 0.340 e. The van der Waals surface area contributed by atoms with E-state index in [0.717, 1.165) is 0 Å². The van der Waals surface area contributed by atoms with Crippen LogP contribution in [0.2, 0.25) is 5.02 Å². The van der Waals surface area contributed by atoms with E-state index in [1.165, 1.54) is 30.2 Å². The fraction of sp³-hybridized carbons (Fsp3) is 0.207. The minimum Gasteiger partial charge on any atom is -0.465 e. The van der Waals surface area contributed by atoms with Crippen molar-refractivity contribution in [2.45, 2.75) is 23.8 Å². The SMILES string of the molecule is COC(=O)c1ccsc1N1CCC(Sc2nnc(-c3ccccc3Cl)n2-c2c(C)n(C)n(-c3ccccc3)c2=O)C1=O.